The van der Waals surface area contributed by atoms with Crippen LogP contribution in [0.5, 0.6) is 0 Å². The van der Waals surface area contributed by atoms with Crippen LogP contribution in [0.1, 0.15) is 41.9 Å². The van der Waals surface area contributed by atoms with Crippen molar-refractivity contribution in [2.75, 3.05) is 19.6 Å². The van der Waals surface area contributed by atoms with E-state index in [0.29, 0.717) is 61.7 Å². The number of halogens is 1. The minimum absolute atomic E-state index is 0.0150. The van der Waals surface area contributed by atoms with E-state index in [1.54, 1.807) is 28.0 Å². The Morgan fingerprint density at radius 1 is 1.24 bits per heavy atom. The fourth-order valence-electron chi connectivity index (χ4n) is 4.05. The Labute approximate surface area is 167 Å². The van der Waals surface area contributed by atoms with Gasteiger partial charge in [-0.25, -0.2) is 9.37 Å². The summed E-state index contributed by atoms with van der Waals surface area (Å²) >= 11 is 0. The molecule has 0 spiro atoms. The lowest BCUT2D eigenvalue weighted by atomic mass is 10.0. The zero-order valence-electron chi connectivity index (χ0n) is 16.3. The first-order chi connectivity index (χ1) is 13.9. The van der Waals surface area contributed by atoms with Crippen LogP contribution in [0.3, 0.4) is 0 Å². The monoisotopic (exact) mass is 398 g/mol. The van der Waals surface area contributed by atoms with E-state index < -0.39 is 0 Å². The summed E-state index contributed by atoms with van der Waals surface area (Å²) in [6.07, 6.45) is 1.19. The third kappa shape index (κ3) is 3.92. The summed E-state index contributed by atoms with van der Waals surface area (Å²) in [6, 6.07) is 6.27. The van der Waals surface area contributed by atoms with E-state index in [0.717, 1.165) is 0 Å². The second kappa shape index (κ2) is 7.77. The molecule has 4 rings (SSSR count). The summed E-state index contributed by atoms with van der Waals surface area (Å²) in [4.78, 5) is 47.6. The van der Waals surface area contributed by atoms with Crippen molar-refractivity contribution in [1.82, 2.24) is 19.8 Å². The maximum absolute atomic E-state index is 13.8. The molecule has 1 aromatic carbocycles. The summed E-state index contributed by atoms with van der Waals surface area (Å²) < 4.78 is 13.8. The molecular formula is C21H23FN4O3. The normalized spacial score (nSPS) is 18.6. The first-order valence-electron chi connectivity index (χ1n) is 9.81. The van der Waals surface area contributed by atoms with E-state index in [1.165, 1.54) is 13.0 Å². The minimum atomic E-state index is -0.382. The Hall–Kier alpha value is -3.03. The van der Waals surface area contributed by atoms with E-state index in [2.05, 4.69) is 9.97 Å². The maximum atomic E-state index is 13.8. The van der Waals surface area contributed by atoms with Crippen molar-refractivity contribution in [3.8, 4) is 0 Å². The van der Waals surface area contributed by atoms with Crippen LogP contribution in [0.25, 0.3) is 0 Å². The molecule has 29 heavy (non-hydrogen) atoms. The number of aromatic amines is 1. The molecule has 0 aliphatic carbocycles. The number of nitrogens with zero attached hydrogens (tertiary/aromatic N) is 3. The van der Waals surface area contributed by atoms with Crippen LogP contribution in [-0.2, 0) is 29.0 Å². The molecular weight excluding hydrogens is 375 g/mol. The lowest BCUT2D eigenvalue weighted by Gasteiger charge is -2.27. The van der Waals surface area contributed by atoms with Gasteiger partial charge in [-0.2, -0.15) is 0 Å². The molecule has 2 aliphatic rings. The number of carbonyl (C=O) groups excluding carboxylic acids is 2. The quantitative estimate of drug-likeness (QED) is 0.846. The van der Waals surface area contributed by atoms with Crippen molar-refractivity contribution in [3.05, 3.63) is 63.1 Å². The van der Waals surface area contributed by atoms with E-state index in [-0.39, 0.29) is 35.5 Å². The highest BCUT2D eigenvalue weighted by molar-refractivity contribution is 5.79. The van der Waals surface area contributed by atoms with Crippen LogP contribution in [-0.4, -0.2) is 51.2 Å². The molecule has 2 amide bonds. The molecule has 1 unspecified atom stereocenters. The Morgan fingerprint density at radius 2 is 2.03 bits per heavy atom. The Bertz CT molecular complexity index is 1020. The van der Waals surface area contributed by atoms with Gasteiger partial charge in [-0.1, -0.05) is 18.2 Å². The first kappa shape index (κ1) is 19.3. The maximum Gasteiger partial charge on any atom is 0.254 e. The number of amides is 2. The number of benzene rings is 1. The van der Waals surface area contributed by atoms with Gasteiger partial charge in [0.25, 0.3) is 5.56 Å². The van der Waals surface area contributed by atoms with Crippen molar-refractivity contribution < 1.29 is 14.0 Å². The molecule has 0 saturated carbocycles. The van der Waals surface area contributed by atoms with Crippen molar-refractivity contribution in [2.24, 2.45) is 0 Å². The van der Waals surface area contributed by atoms with Gasteiger partial charge >= 0.3 is 0 Å². The fourth-order valence-corrected chi connectivity index (χ4v) is 4.05. The van der Waals surface area contributed by atoms with Crippen molar-refractivity contribution in [2.45, 2.75) is 38.6 Å². The van der Waals surface area contributed by atoms with Crippen molar-refractivity contribution >= 4 is 11.8 Å². The fraction of sp³-hybridized carbons (Fsp3) is 0.429. The molecule has 8 heteroatoms. The molecule has 0 radical (unpaired) electrons. The molecule has 152 valence electrons. The van der Waals surface area contributed by atoms with Crippen LogP contribution < -0.4 is 5.56 Å². The number of rotatable bonds is 3. The first-order valence-corrected chi connectivity index (χ1v) is 9.81. The van der Waals surface area contributed by atoms with Crippen LogP contribution in [0.2, 0.25) is 0 Å². The molecule has 1 N–H and O–H groups in total. The lowest BCUT2D eigenvalue weighted by Crippen LogP contribution is -2.38. The Balaban J connectivity index is 1.48. The third-order valence-electron chi connectivity index (χ3n) is 5.76. The van der Waals surface area contributed by atoms with Crippen molar-refractivity contribution in [3.63, 3.8) is 0 Å². The summed E-state index contributed by atoms with van der Waals surface area (Å²) in [5.41, 5.74) is 1.49. The van der Waals surface area contributed by atoms with Crippen LogP contribution in [0.4, 0.5) is 4.39 Å². The molecule has 2 aliphatic heterocycles. The molecule has 1 aromatic heterocycles. The van der Waals surface area contributed by atoms with Gasteiger partial charge in [0.1, 0.15) is 11.6 Å². The van der Waals surface area contributed by atoms with Gasteiger partial charge < -0.3 is 14.8 Å². The van der Waals surface area contributed by atoms with E-state index in [9.17, 15) is 18.8 Å². The highest BCUT2D eigenvalue weighted by Gasteiger charge is 2.31. The van der Waals surface area contributed by atoms with Gasteiger partial charge in [0.2, 0.25) is 11.8 Å². The van der Waals surface area contributed by atoms with E-state index >= 15 is 0 Å². The molecule has 0 bridgehead atoms. The molecule has 1 atom stereocenters. The summed E-state index contributed by atoms with van der Waals surface area (Å²) in [5.74, 6) is -0.0800. The highest BCUT2D eigenvalue weighted by atomic mass is 19.1. The SMILES string of the molecule is CC(=O)N1CCc2c(nc(C3CCN(C(=O)Cc4ccccc4F)C3)[nH]c2=O)C1. The molecule has 1 fully saturated rings. The summed E-state index contributed by atoms with van der Waals surface area (Å²) in [5, 5.41) is 0. The van der Waals surface area contributed by atoms with Gasteiger partial charge in [0.05, 0.1) is 18.7 Å². The van der Waals surface area contributed by atoms with Gasteiger partial charge in [-0.15, -0.1) is 0 Å². The number of H-pyrrole nitrogens is 1. The zero-order chi connectivity index (χ0) is 20.5. The Morgan fingerprint density at radius 3 is 2.79 bits per heavy atom. The van der Waals surface area contributed by atoms with Gasteiger partial charge in [-0.05, 0) is 24.5 Å². The second-order valence-electron chi connectivity index (χ2n) is 7.66. The summed E-state index contributed by atoms with van der Waals surface area (Å²) in [7, 11) is 0. The van der Waals surface area contributed by atoms with Crippen LogP contribution in [0, 0.1) is 5.82 Å². The number of aromatic nitrogens is 2. The standard InChI is InChI=1S/C21H23FN4O3/c1-13(27)25-9-7-16-18(12-25)23-20(24-21(16)29)15-6-8-26(11-15)19(28)10-14-4-2-3-5-17(14)22/h2-5,15H,6-12H2,1H3,(H,23,24,29). The van der Waals surface area contributed by atoms with Gasteiger partial charge in [-0.3, -0.25) is 14.4 Å². The van der Waals surface area contributed by atoms with Gasteiger partial charge in [0, 0.05) is 38.0 Å². The number of carbonyl (C=O) groups is 2. The summed E-state index contributed by atoms with van der Waals surface area (Å²) in [6.45, 7) is 3.34. The number of fused-ring (bicyclic) bond motifs is 1. The number of hydrogen-bond acceptors (Lipinski definition) is 4. The minimum Gasteiger partial charge on any atom is -0.342 e. The molecule has 3 heterocycles. The number of nitrogens with one attached hydrogen (secondary N) is 1. The molecule has 1 saturated heterocycles. The average molecular weight is 398 g/mol. The second-order valence-corrected chi connectivity index (χ2v) is 7.66. The topological polar surface area (TPSA) is 86.4 Å². The Kier molecular flexibility index (Phi) is 5.17. The highest BCUT2D eigenvalue weighted by Crippen LogP contribution is 2.26. The molecule has 2 aromatic rings. The van der Waals surface area contributed by atoms with Crippen molar-refractivity contribution in [1.29, 1.82) is 0 Å². The lowest BCUT2D eigenvalue weighted by molar-refractivity contribution is -0.130. The third-order valence-corrected chi connectivity index (χ3v) is 5.76. The molecule has 7 nitrogen and oxygen atoms in total. The zero-order valence-corrected chi connectivity index (χ0v) is 16.3. The van der Waals surface area contributed by atoms with E-state index in [4.69, 9.17) is 0 Å². The van der Waals surface area contributed by atoms with E-state index in [1.807, 2.05) is 0 Å². The smallest absolute Gasteiger partial charge is 0.254 e. The van der Waals surface area contributed by atoms with Crippen LogP contribution in [0.15, 0.2) is 29.1 Å². The number of hydrogen-bond donors (Lipinski definition) is 1. The predicted molar refractivity (Wildman–Crippen MR) is 104 cm³/mol. The largest absolute Gasteiger partial charge is 0.342 e. The number of likely N-dealkylation sites (tertiary alicyclic amines) is 1. The average Bonchev–Trinajstić information content (AvgIpc) is 3.19. The van der Waals surface area contributed by atoms with Gasteiger partial charge in [0.15, 0.2) is 0 Å². The predicted octanol–water partition coefficient (Wildman–Crippen LogP) is 1.37. The van der Waals surface area contributed by atoms with Crippen LogP contribution >= 0.6 is 0 Å².